The molecule has 0 atom stereocenters. The van der Waals surface area contributed by atoms with E-state index in [0.29, 0.717) is 6.61 Å². The first-order valence-electron chi connectivity index (χ1n) is 7.17. The van der Waals surface area contributed by atoms with E-state index in [1.54, 1.807) is 0 Å². The molecule has 1 aromatic heterocycles. The van der Waals surface area contributed by atoms with Gasteiger partial charge in [-0.2, -0.15) is 5.10 Å². The van der Waals surface area contributed by atoms with E-state index in [4.69, 9.17) is 4.74 Å². The molecule has 20 heavy (non-hydrogen) atoms. The zero-order valence-electron chi connectivity index (χ0n) is 13.1. The van der Waals surface area contributed by atoms with E-state index in [-0.39, 0.29) is 5.41 Å². The Morgan fingerprint density at radius 2 is 1.90 bits per heavy atom. The molecular formula is C17H24N2O. The Balaban J connectivity index is 2.19. The van der Waals surface area contributed by atoms with Crippen molar-refractivity contribution in [3.63, 3.8) is 0 Å². The third-order valence-corrected chi connectivity index (χ3v) is 3.36. The minimum absolute atomic E-state index is 0.0809. The molecule has 0 aliphatic heterocycles. The minimum Gasteiger partial charge on any atom is -0.487 e. The molecule has 3 nitrogen and oxygen atoms in total. The maximum atomic E-state index is 6.04. The molecule has 1 aromatic carbocycles. The summed E-state index contributed by atoms with van der Waals surface area (Å²) >= 11 is 0. The van der Waals surface area contributed by atoms with Gasteiger partial charge in [-0.05, 0) is 37.0 Å². The van der Waals surface area contributed by atoms with Crippen molar-refractivity contribution in [2.45, 2.75) is 53.2 Å². The summed E-state index contributed by atoms with van der Waals surface area (Å²) in [4.78, 5) is 0. The fourth-order valence-corrected chi connectivity index (χ4v) is 2.35. The van der Waals surface area contributed by atoms with Crippen LogP contribution in [-0.4, -0.2) is 9.78 Å². The predicted octanol–water partition coefficient (Wildman–Crippen LogP) is 4.09. The molecule has 1 heterocycles. The summed E-state index contributed by atoms with van der Waals surface area (Å²) in [5.74, 6) is 0.960. The highest BCUT2D eigenvalue weighted by molar-refractivity contribution is 5.38. The van der Waals surface area contributed by atoms with Crippen molar-refractivity contribution in [1.29, 1.82) is 0 Å². The van der Waals surface area contributed by atoms with Crippen LogP contribution in [0.15, 0.2) is 30.3 Å². The number of hydrogen-bond acceptors (Lipinski definition) is 2. The van der Waals surface area contributed by atoms with Crippen LogP contribution in [-0.2, 0) is 18.6 Å². The smallest absolute Gasteiger partial charge is 0.130 e. The minimum atomic E-state index is 0.0809. The fourth-order valence-electron chi connectivity index (χ4n) is 2.35. The topological polar surface area (TPSA) is 27.1 Å². The molecule has 108 valence electrons. The van der Waals surface area contributed by atoms with Gasteiger partial charge in [-0.1, -0.05) is 39.0 Å². The summed E-state index contributed by atoms with van der Waals surface area (Å²) in [6, 6.07) is 10.3. The monoisotopic (exact) mass is 272 g/mol. The normalized spacial score (nSPS) is 11.7. The van der Waals surface area contributed by atoms with Crippen LogP contribution in [0.2, 0.25) is 0 Å². The van der Waals surface area contributed by atoms with Crippen molar-refractivity contribution in [1.82, 2.24) is 9.78 Å². The number of aryl methyl sites for hydroxylation is 2. The molecule has 0 N–H and O–H groups in total. The van der Waals surface area contributed by atoms with Gasteiger partial charge in [0.15, 0.2) is 0 Å². The lowest BCUT2D eigenvalue weighted by Gasteiger charge is -2.22. The van der Waals surface area contributed by atoms with E-state index in [9.17, 15) is 0 Å². The van der Waals surface area contributed by atoms with Crippen LogP contribution in [0, 0.1) is 6.92 Å². The third-order valence-electron chi connectivity index (χ3n) is 3.36. The number of hydrogen-bond donors (Lipinski definition) is 0. The molecule has 0 fully saturated rings. The van der Waals surface area contributed by atoms with Gasteiger partial charge in [0.25, 0.3) is 0 Å². The average molecular weight is 272 g/mol. The molecule has 0 amide bonds. The zero-order chi connectivity index (χ0) is 14.8. The molecule has 2 rings (SSSR count). The first-order chi connectivity index (χ1) is 9.41. The second-order valence-electron chi connectivity index (χ2n) is 6.13. The Labute approximate surface area is 121 Å². The van der Waals surface area contributed by atoms with Gasteiger partial charge in [-0.3, -0.25) is 4.68 Å². The summed E-state index contributed by atoms with van der Waals surface area (Å²) in [5.41, 5.74) is 3.47. The van der Waals surface area contributed by atoms with Gasteiger partial charge in [0.2, 0.25) is 0 Å². The second-order valence-corrected chi connectivity index (χ2v) is 6.13. The maximum absolute atomic E-state index is 6.04. The van der Waals surface area contributed by atoms with Crippen LogP contribution in [0.25, 0.3) is 0 Å². The number of rotatable bonds is 4. The zero-order valence-corrected chi connectivity index (χ0v) is 13.1. The molecule has 0 aliphatic rings. The van der Waals surface area contributed by atoms with Gasteiger partial charge in [0, 0.05) is 6.54 Å². The van der Waals surface area contributed by atoms with Crippen molar-refractivity contribution in [2.75, 3.05) is 0 Å². The first kappa shape index (κ1) is 14.6. The Hall–Kier alpha value is -1.77. The van der Waals surface area contributed by atoms with E-state index < -0.39 is 0 Å². The number of aromatic nitrogens is 2. The van der Waals surface area contributed by atoms with Crippen molar-refractivity contribution < 1.29 is 4.74 Å². The summed E-state index contributed by atoms with van der Waals surface area (Å²) in [6.45, 7) is 12.1. The number of para-hydroxylation sites is 1. The number of nitrogens with zero attached hydrogens (tertiary/aromatic N) is 2. The molecule has 0 bridgehead atoms. The van der Waals surface area contributed by atoms with Crippen LogP contribution in [0.1, 0.15) is 44.6 Å². The van der Waals surface area contributed by atoms with E-state index in [1.807, 2.05) is 23.7 Å². The molecule has 0 saturated carbocycles. The third kappa shape index (κ3) is 3.21. The van der Waals surface area contributed by atoms with Crippen molar-refractivity contribution >= 4 is 0 Å². The fraction of sp³-hybridized carbons (Fsp3) is 0.471. The SMILES string of the molecule is CCn1nc(C)cc1COc1ccccc1C(C)(C)C. The largest absolute Gasteiger partial charge is 0.487 e. The van der Waals surface area contributed by atoms with Gasteiger partial charge in [0.05, 0.1) is 11.4 Å². The van der Waals surface area contributed by atoms with E-state index in [0.717, 1.165) is 23.7 Å². The van der Waals surface area contributed by atoms with Crippen LogP contribution < -0.4 is 4.74 Å². The highest BCUT2D eigenvalue weighted by Gasteiger charge is 2.18. The van der Waals surface area contributed by atoms with Gasteiger partial charge >= 0.3 is 0 Å². The summed E-state index contributed by atoms with van der Waals surface area (Å²) in [7, 11) is 0. The summed E-state index contributed by atoms with van der Waals surface area (Å²) in [6.07, 6.45) is 0. The van der Waals surface area contributed by atoms with Gasteiger partial charge in [-0.15, -0.1) is 0 Å². The maximum Gasteiger partial charge on any atom is 0.130 e. The Morgan fingerprint density at radius 3 is 2.55 bits per heavy atom. The molecule has 2 aromatic rings. The van der Waals surface area contributed by atoms with Gasteiger partial charge in [0.1, 0.15) is 12.4 Å². The molecule has 3 heteroatoms. The van der Waals surface area contributed by atoms with E-state index in [2.05, 4.69) is 51.0 Å². The summed E-state index contributed by atoms with van der Waals surface area (Å²) in [5, 5.41) is 4.45. The standard InChI is InChI=1S/C17H24N2O/c1-6-19-14(11-13(2)18-19)12-20-16-10-8-7-9-15(16)17(3,4)5/h7-11H,6,12H2,1-5H3. The Morgan fingerprint density at radius 1 is 1.20 bits per heavy atom. The lowest BCUT2D eigenvalue weighted by atomic mass is 9.86. The molecule has 0 saturated heterocycles. The lowest BCUT2D eigenvalue weighted by molar-refractivity contribution is 0.285. The molecular weight excluding hydrogens is 248 g/mol. The van der Waals surface area contributed by atoms with Crippen LogP contribution in [0.5, 0.6) is 5.75 Å². The second kappa shape index (κ2) is 5.70. The molecule has 0 radical (unpaired) electrons. The van der Waals surface area contributed by atoms with Crippen LogP contribution in [0.3, 0.4) is 0 Å². The lowest BCUT2D eigenvalue weighted by Crippen LogP contribution is -2.14. The van der Waals surface area contributed by atoms with E-state index >= 15 is 0 Å². The van der Waals surface area contributed by atoms with Crippen LogP contribution >= 0.6 is 0 Å². The number of benzene rings is 1. The summed E-state index contributed by atoms with van der Waals surface area (Å²) < 4.78 is 8.04. The number of ether oxygens (including phenoxy) is 1. The average Bonchev–Trinajstić information content (AvgIpc) is 2.76. The van der Waals surface area contributed by atoms with Crippen LogP contribution in [0.4, 0.5) is 0 Å². The Kier molecular flexibility index (Phi) is 4.17. The molecule has 0 unspecified atom stereocenters. The molecule has 0 spiro atoms. The highest BCUT2D eigenvalue weighted by Crippen LogP contribution is 2.31. The quantitative estimate of drug-likeness (QED) is 0.838. The molecule has 0 aliphatic carbocycles. The Bertz CT molecular complexity index is 579. The van der Waals surface area contributed by atoms with Crippen molar-refractivity contribution in [2.24, 2.45) is 0 Å². The highest BCUT2D eigenvalue weighted by atomic mass is 16.5. The van der Waals surface area contributed by atoms with Crippen molar-refractivity contribution in [3.8, 4) is 5.75 Å². The van der Waals surface area contributed by atoms with E-state index in [1.165, 1.54) is 5.56 Å². The van der Waals surface area contributed by atoms with Gasteiger partial charge < -0.3 is 4.74 Å². The first-order valence-corrected chi connectivity index (χ1v) is 7.17. The van der Waals surface area contributed by atoms with Crippen molar-refractivity contribution in [3.05, 3.63) is 47.3 Å². The predicted molar refractivity (Wildman–Crippen MR) is 82.1 cm³/mol. The van der Waals surface area contributed by atoms with Gasteiger partial charge in [-0.25, -0.2) is 0 Å².